The van der Waals surface area contributed by atoms with Crippen LogP contribution in [0, 0.1) is 0 Å². The SMILES string of the molecule is CP(C)([Se]c1ccccc1)(c1ccccc1)c1ccccc1. The van der Waals surface area contributed by atoms with Gasteiger partial charge in [0.1, 0.15) is 0 Å². The average Bonchev–Trinajstić information content (AvgIpc) is 2.57. The van der Waals surface area contributed by atoms with E-state index in [-0.39, 0.29) is 0 Å². The van der Waals surface area contributed by atoms with Crippen molar-refractivity contribution in [2.45, 2.75) is 0 Å². The maximum atomic E-state index is 2.52. The van der Waals surface area contributed by atoms with Gasteiger partial charge in [0.2, 0.25) is 0 Å². The van der Waals surface area contributed by atoms with Gasteiger partial charge < -0.3 is 0 Å². The second-order valence-corrected chi connectivity index (χ2v) is 20.3. The first kappa shape index (κ1) is 15.5. The Morgan fingerprint density at radius 3 is 1.32 bits per heavy atom. The summed E-state index contributed by atoms with van der Waals surface area (Å²) in [7, 11) is 0. The van der Waals surface area contributed by atoms with E-state index < -0.39 is 5.29 Å². The molecule has 0 heterocycles. The van der Waals surface area contributed by atoms with Crippen molar-refractivity contribution < 1.29 is 0 Å². The molecule has 0 N–H and O–H groups in total. The third kappa shape index (κ3) is 2.90. The van der Waals surface area contributed by atoms with Gasteiger partial charge in [0.15, 0.2) is 0 Å². The summed E-state index contributed by atoms with van der Waals surface area (Å²) in [6.45, 7) is 5.03. The second-order valence-electron chi connectivity index (χ2n) is 6.08. The average molecular weight is 371 g/mol. The minimum atomic E-state index is -2.17. The van der Waals surface area contributed by atoms with Crippen LogP contribution in [0.1, 0.15) is 0 Å². The van der Waals surface area contributed by atoms with Gasteiger partial charge in [-0.25, -0.2) is 0 Å². The minimum absolute atomic E-state index is 0.398. The Labute approximate surface area is 139 Å². The van der Waals surface area contributed by atoms with Gasteiger partial charge in [-0.3, -0.25) is 0 Å². The predicted octanol–water partition coefficient (Wildman–Crippen LogP) is 3.40. The maximum absolute atomic E-state index is 2.52. The zero-order chi connectivity index (χ0) is 15.5. The van der Waals surface area contributed by atoms with E-state index in [1.54, 1.807) is 0 Å². The van der Waals surface area contributed by atoms with Crippen LogP contribution < -0.4 is 15.1 Å². The standard InChI is InChI=1S/C20H21PSe/c1-21(2,18-12-6-3-7-13-18,19-14-8-4-9-15-19)22-20-16-10-5-11-17-20/h3-17H,1-2H3. The molecule has 0 aliphatic rings. The molecule has 0 amide bonds. The molecule has 0 spiro atoms. The van der Waals surface area contributed by atoms with Crippen LogP contribution in [0.25, 0.3) is 0 Å². The second kappa shape index (κ2) is 6.01. The van der Waals surface area contributed by atoms with Crippen LogP contribution in [0.3, 0.4) is 0 Å². The summed E-state index contributed by atoms with van der Waals surface area (Å²) in [4.78, 5) is 0. The normalized spacial score (nSPS) is 13.3. The molecule has 0 unspecified atom stereocenters. The van der Waals surface area contributed by atoms with Crippen molar-refractivity contribution in [1.29, 1.82) is 0 Å². The van der Waals surface area contributed by atoms with Crippen LogP contribution >= 0.6 is 5.29 Å². The molecule has 22 heavy (non-hydrogen) atoms. The van der Waals surface area contributed by atoms with Crippen LogP contribution in [-0.2, 0) is 0 Å². The van der Waals surface area contributed by atoms with E-state index in [0.29, 0.717) is 14.5 Å². The molecule has 0 aliphatic carbocycles. The first-order valence-corrected chi connectivity index (χ1v) is 13.7. The van der Waals surface area contributed by atoms with Crippen molar-refractivity contribution >= 4 is 34.9 Å². The Balaban J connectivity index is 2.19. The van der Waals surface area contributed by atoms with Gasteiger partial charge in [0.25, 0.3) is 0 Å². The number of hydrogen-bond acceptors (Lipinski definition) is 0. The summed E-state index contributed by atoms with van der Waals surface area (Å²) >= 11 is 0.398. The summed E-state index contributed by atoms with van der Waals surface area (Å²) < 4.78 is 1.48. The molecule has 0 saturated carbocycles. The summed E-state index contributed by atoms with van der Waals surface area (Å²) in [5.41, 5.74) is 0. The number of rotatable bonds is 4. The molecule has 0 aliphatic heterocycles. The quantitative estimate of drug-likeness (QED) is 0.487. The number of hydrogen-bond donors (Lipinski definition) is 0. The van der Waals surface area contributed by atoms with Crippen molar-refractivity contribution in [3.63, 3.8) is 0 Å². The first-order valence-electron chi connectivity index (χ1n) is 7.46. The van der Waals surface area contributed by atoms with Gasteiger partial charge >= 0.3 is 139 Å². The third-order valence-corrected chi connectivity index (χ3v) is 16.5. The Morgan fingerprint density at radius 1 is 0.545 bits per heavy atom. The Bertz CT molecular complexity index is 693. The summed E-state index contributed by atoms with van der Waals surface area (Å²) in [5, 5.41) is 0.832. The van der Waals surface area contributed by atoms with E-state index in [4.69, 9.17) is 0 Å². The Morgan fingerprint density at radius 2 is 0.909 bits per heavy atom. The Kier molecular flexibility index (Phi) is 4.24. The molecule has 3 rings (SSSR count). The van der Waals surface area contributed by atoms with Gasteiger partial charge in [0, 0.05) is 0 Å². The van der Waals surface area contributed by atoms with Crippen LogP contribution in [-0.4, -0.2) is 27.8 Å². The van der Waals surface area contributed by atoms with Crippen molar-refractivity contribution in [3.05, 3.63) is 91.0 Å². The molecule has 2 heteroatoms. The molecule has 112 valence electrons. The fraction of sp³-hybridized carbons (Fsp3) is 0.100. The summed E-state index contributed by atoms with van der Waals surface area (Å²) in [6, 6.07) is 33.2. The van der Waals surface area contributed by atoms with E-state index in [9.17, 15) is 0 Å². The van der Waals surface area contributed by atoms with E-state index in [1.165, 1.54) is 15.1 Å². The molecular formula is C20H21PSe. The molecule has 0 nitrogen and oxygen atoms in total. The molecule has 0 radical (unpaired) electrons. The summed E-state index contributed by atoms with van der Waals surface area (Å²) in [6.07, 6.45) is 0. The zero-order valence-corrected chi connectivity index (χ0v) is 15.6. The van der Waals surface area contributed by atoms with Gasteiger partial charge in [-0.05, 0) is 0 Å². The van der Waals surface area contributed by atoms with E-state index >= 15 is 0 Å². The fourth-order valence-corrected chi connectivity index (χ4v) is 14.1. The van der Waals surface area contributed by atoms with Crippen molar-refractivity contribution in [3.8, 4) is 0 Å². The van der Waals surface area contributed by atoms with Crippen molar-refractivity contribution in [2.75, 3.05) is 13.3 Å². The van der Waals surface area contributed by atoms with Gasteiger partial charge in [-0.1, -0.05) is 0 Å². The molecule has 0 saturated heterocycles. The van der Waals surface area contributed by atoms with E-state index in [2.05, 4.69) is 104 Å². The van der Waals surface area contributed by atoms with E-state index in [0.717, 1.165) is 0 Å². The van der Waals surface area contributed by atoms with Gasteiger partial charge in [0.05, 0.1) is 0 Å². The predicted molar refractivity (Wildman–Crippen MR) is 103 cm³/mol. The molecule has 3 aromatic carbocycles. The third-order valence-electron chi connectivity index (χ3n) is 4.14. The Hall–Kier alpha value is -1.39. The van der Waals surface area contributed by atoms with Crippen LogP contribution in [0.5, 0.6) is 0 Å². The van der Waals surface area contributed by atoms with Gasteiger partial charge in [-0.2, -0.15) is 0 Å². The molecule has 0 bridgehead atoms. The molecule has 0 aromatic heterocycles. The molecular weight excluding hydrogens is 350 g/mol. The van der Waals surface area contributed by atoms with Crippen LogP contribution in [0.15, 0.2) is 91.0 Å². The summed E-state index contributed by atoms with van der Waals surface area (Å²) in [5.74, 6) is 0. The molecule has 3 aromatic rings. The van der Waals surface area contributed by atoms with Crippen LogP contribution in [0.2, 0.25) is 0 Å². The van der Waals surface area contributed by atoms with Crippen molar-refractivity contribution in [2.24, 2.45) is 0 Å². The van der Waals surface area contributed by atoms with Gasteiger partial charge in [-0.15, -0.1) is 0 Å². The topological polar surface area (TPSA) is 0 Å². The van der Waals surface area contributed by atoms with Crippen LogP contribution in [0.4, 0.5) is 0 Å². The first-order chi connectivity index (χ1) is 10.6. The van der Waals surface area contributed by atoms with Crippen molar-refractivity contribution in [1.82, 2.24) is 0 Å². The monoisotopic (exact) mass is 372 g/mol. The number of benzene rings is 3. The van der Waals surface area contributed by atoms with E-state index in [1.807, 2.05) is 0 Å². The molecule has 0 fully saturated rings. The molecule has 0 atom stereocenters. The zero-order valence-electron chi connectivity index (χ0n) is 13.0. The fourth-order valence-electron chi connectivity index (χ4n) is 2.78.